The van der Waals surface area contributed by atoms with Crippen LogP contribution in [0.3, 0.4) is 0 Å². The van der Waals surface area contributed by atoms with E-state index in [0.717, 1.165) is 25.7 Å². The van der Waals surface area contributed by atoms with Gasteiger partial charge in [-0.15, -0.1) is 0 Å². The first-order chi connectivity index (χ1) is 20.3. The summed E-state index contributed by atoms with van der Waals surface area (Å²) < 4.78 is 52.1. The highest BCUT2D eigenvalue weighted by Crippen LogP contribution is 2.34. The maximum absolute atomic E-state index is 14.3. The standard InChI is InChI=1S/C30H39N3O8S/c1-38-27-13-12-25(17-28(27)39-2)42(36,37)33(20-24-11-7-15-41-24)22-16-26(29(34)31-18-23-10-6-14-40-23)32(19-22)30(35)21-8-4-3-5-9-21/h3-5,8-9,12-13,17,22-24,26H,6-7,10-11,14-16,18-20H2,1-2H3,(H,31,34). The van der Waals surface area contributed by atoms with Crippen molar-refractivity contribution in [2.75, 3.05) is 47.1 Å². The van der Waals surface area contributed by atoms with E-state index in [1.54, 1.807) is 30.3 Å². The molecule has 0 bridgehead atoms. The third kappa shape index (κ3) is 6.56. The molecule has 0 radical (unpaired) electrons. The van der Waals surface area contributed by atoms with Crippen molar-refractivity contribution < 1.29 is 37.0 Å². The van der Waals surface area contributed by atoms with Crippen molar-refractivity contribution in [2.24, 2.45) is 0 Å². The summed E-state index contributed by atoms with van der Waals surface area (Å²) in [6, 6.07) is 11.7. The molecule has 11 nitrogen and oxygen atoms in total. The number of carbonyl (C=O) groups is 2. The van der Waals surface area contributed by atoms with Crippen LogP contribution in [0.5, 0.6) is 11.5 Å². The van der Waals surface area contributed by atoms with Gasteiger partial charge in [0.25, 0.3) is 5.91 Å². The van der Waals surface area contributed by atoms with E-state index in [4.69, 9.17) is 18.9 Å². The minimum absolute atomic E-state index is 0.0327. The lowest BCUT2D eigenvalue weighted by Crippen LogP contribution is -2.47. The largest absolute Gasteiger partial charge is 0.493 e. The number of ether oxygens (including phenoxy) is 4. The summed E-state index contributed by atoms with van der Waals surface area (Å²) in [7, 11) is -1.16. The number of amides is 2. The van der Waals surface area contributed by atoms with E-state index in [-0.39, 0.29) is 54.2 Å². The van der Waals surface area contributed by atoms with Crippen molar-refractivity contribution in [1.82, 2.24) is 14.5 Å². The number of carbonyl (C=O) groups excluding carboxylic acids is 2. The molecule has 2 amide bonds. The van der Waals surface area contributed by atoms with E-state index in [1.165, 1.54) is 35.6 Å². The van der Waals surface area contributed by atoms with Crippen LogP contribution in [0.1, 0.15) is 42.5 Å². The molecule has 3 saturated heterocycles. The van der Waals surface area contributed by atoms with Gasteiger partial charge in [-0.25, -0.2) is 8.42 Å². The van der Waals surface area contributed by atoms with Crippen LogP contribution in [0.4, 0.5) is 0 Å². The molecular weight excluding hydrogens is 562 g/mol. The highest BCUT2D eigenvalue weighted by molar-refractivity contribution is 7.89. The normalized spacial score (nSPS) is 24.2. The zero-order valence-corrected chi connectivity index (χ0v) is 24.9. The predicted molar refractivity (Wildman–Crippen MR) is 154 cm³/mol. The number of sulfonamides is 1. The molecule has 0 spiro atoms. The quantitative estimate of drug-likeness (QED) is 0.417. The number of nitrogens with one attached hydrogen (secondary N) is 1. The lowest BCUT2D eigenvalue weighted by Gasteiger charge is -2.30. The second-order valence-corrected chi connectivity index (χ2v) is 12.7. The van der Waals surface area contributed by atoms with Crippen LogP contribution in [0, 0.1) is 0 Å². The van der Waals surface area contributed by atoms with E-state index >= 15 is 0 Å². The Morgan fingerprint density at radius 2 is 1.67 bits per heavy atom. The fourth-order valence-corrected chi connectivity index (χ4v) is 7.60. The van der Waals surface area contributed by atoms with Crippen LogP contribution in [0.25, 0.3) is 0 Å². The third-order valence-electron chi connectivity index (χ3n) is 8.17. The van der Waals surface area contributed by atoms with Gasteiger partial charge in [-0.05, 0) is 56.4 Å². The molecule has 0 aromatic heterocycles. The molecule has 3 aliphatic rings. The molecule has 228 valence electrons. The molecule has 5 rings (SSSR count). The highest BCUT2D eigenvalue weighted by atomic mass is 32.2. The molecule has 3 aliphatic heterocycles. The van der Waals surface area contributed by atoms with Gasteiger partial charge in [0, 0.05) is 50.5 Å². The van der Waals surface area contributed by atoms with Crippen molar-refractivity contribution in [3.05, 3.63) is 54.1 Å². The molecule has 1 N–H and O–H groups in total. The van der Waals surface area contributed by atoms with E-state index in [9.17, 15) is 18.0 Å². The molecule has 42 heavy (non-hydrogen) atoms. The second-order valence-electron chi connectivity index (χ2n) is 10.8. The van der Waals surface area contributed by atoms with Crippen LogP contribution in [-0.4, -0.2) is 101 Å². The van der Waals surface area contributed by atoms with Crippen molar-refractivity contribution in [2.45, 2.75) is 61.3 Å². The Morgan fingerprint density at radius 1 is 0.976 bits per heavy atom. The average Bonchev–Trinajstić information content (AvgIpc) is 3.81. The molecule has 3 heterocycles. The molecule has 4 atom stereocenters. The van der Waals surface area contributed by atoms with E-state index < -0.39 is 22.1 Å². The lowest BCUT2D eigenvalue weighted by molar-refractivity contribution is -0.125. The second kappa shape index (κ2) is 13.4. The smallest absolute Gasteiger partial charge is 0.254 e. The Labute approximate surface area is 247 Å². The summed E-state index contributed by atoms with van der Waals surface area (Å²) in [6.45, 7) is 1.74. The predicted octanol–water partition coefficient (Wildman–Crippen LogP) is 2.45. The monoisotopic (exact) mass is 601 g/mol. The number of nitrogens with zero attached hydrogens (tertiary/aromatic N) is 2. The van der Waals surface area contributed by atoms with Crippen molar-refractivity contribution in [3.8, 4) is 11.5 Å². The number of benzene rings is 2. The molecule has 2 aromatic carbocycles. The summed E-state index contributed by atoms with van der Waals surface area (Å²) >= 11 is 0. The third-order valence-corrected chi connectivity index (χ3v) is 10.1. The van der Waals surface area contributed by atoms with E-state index in [0.29, 0.717) is 31.1 Å². The van der Waals surface area contributed by atoms with Gasteiger partial charge < -0.3 is 29.2 Å². The van der Waals surface area contributed by atoms with Gasteiger partial charge in [-0.3, -0.25) is 9.59 Å². The van der Waals surface area contributed by atoms with Crippen molar-refractivity contribution >= 4 is 21.8 Å². The molecule has 0 aliphatic carbocycles. The van der Waals surface area contributed by atoms with Gasteiger partial charge in [-0.1, -0.05) is 18.2 Å². The fourth-order valence-electron chi connectivity index (χ4n) is 5.92. The van der Waals surface area contributed by atoms with Crippen molar-refractivity contribution in [1.29, 1.82) is 0 Å². The highest BCUT2D eigenvalue weighted by Gasteiger charge is 2.46. The minimum atomic E-state index is -4.09. The minimum Gasteiger partial charge on any atom is -0.493 e. The van der Waals surface area contributed by atoms with Gasteiger partial charge in [-0.2, -0.15) is 4.31 Å². The van der Waals surface area contributed by atoms with Crippen LogP contribution in [0.15, 0.2) is 53.4 Å². The number of rotatable bonds is 11. The SMILES string of the molecule is COc1ccc(S(=O)(=O)N(CC2CCCO2)C2CC(C(=O)NCC3CCCO3)N(C(=O)c3ccccc3)C2)cc1OC. The zero-order valence-electron chi connectivity index (χ0n) is 24.1. The number of likely N-dealkylation sites (tertiary alicyclic amines) is 1. The summed E-state index contributed by atoms with van der Waals surface area (Å²) in [5.41, 5.74) is 0.434. The fraction of sp³-hybridized carbons (Fsp3) is 0.533. The topological polar surface area (TPSA) is 124 Å². The molecular formula is C30H39N3O8S. The first kappa shape index (κ1) is 30.3. The Balaban J connectivity index is 1.46. The van der Waals surface area contributed by atoms with Crippen LogP contribution in [0.2, 0.25) is 0 Å². The van der Waals surface area contributed by atoms with Gasteiger partial charge in [0.15, 0.2) is 11.5 Å². The first-order valence-electron chi connectivity index (χ1n) is 14.4. The summed E-state index contributed by atoms with van der Waals surface area (Å²) in [6.07, 6.45) is 3.16. The summed E-state index contributed by atoms with van der Waals surface area (Å²) in [5.74, 6) is 0.0498. The van der Waals surface area contributed by atoms with Crippen LogP contribution < -0.4 is 14.8 Å². The van der Waals surface area contributed by atoms with Gasteiger partial charge in [0.1, 0.15) is 6.04 Å². The Bertz CT molecular complexity index is 1340. The van der Waals surface area contributed by atoms with E-state index in [1.807, 2.05) is 6.07 Å². The average molecular weight is 602 g/mol. The Hall–Kier alpha value is -3.19. The number of hydrogen-bond acceptors (Lipinski definition) is 8. The molecule has 12 heteroatoms. The maximum atomic E-state index is 14.3. The molecule has 2 aromatic rings. The Kier molecular flexibility index (Phi) is 9.67. The lowest BCUT2D eigenvalue weighted by atomic mass is 10.1. The van der Waals surface area contributed by atoms with Gasteiger partial charge in [0.05, 0.1) is 31.3 Å². The van der Waals surface area contributed by atoms with Gasteiger partial charge >= 0.3 is 0 Å². The number of hydrogen-bond donors (Lipinski definition) is 1. The zero-order chi connectivity index (χ0) is 29.7. The molecule has 4 unspecified atom stereocenters. The first-order valence-corrected chi connectivity index (χ1v) is 15.9. The maximum Gasteiger partial charge on any atom is 0.254 e. The van der Waals surface area contributed by atoms with E-state index in [2.05, 4.69) is 5.32 Å². The molecule has 3 fully saturated rings. The Morgan fingerprint density at radius 3 is 2.31 bits per heavy atom. The molecule has 0 saturated carbocycles. The van der Waals surface area contributed by atoms with Gasteiger partial charge in [0.2, 0.25) is 15.9 Å². The summed E-state index contributed by atoms with van der Waals surface area (Å²) in [5, 5.41) is 2.95. The van der Waals surface area contributed by atoms with Crippen LogP contribution in [-0.2, 0) is 24.3 Å². The van der Waals surface area contributed by atoms with Crippen molar-refractivity contribution in [3.63, 3.8) is 0 Å². The number of methoxy groups -OCH3 is 2. The van der Waals surface area contributed by atoms with Crippen LogP contribution >= 0.6 is 0 Å². The summed E-state index contributed by atoms with van der Waals surface area (Å²) in [4.78, 5) is 28.8.